The van der Waals surface area contributed by atoms with Gasteiger partial charge in [-0.05, 0) is 13.0 Å². The minimum Gasteiger partial charge on any atom is -0.205 e. The van der Waals surface area contributed by atoms with Gasteiger partial charge in [-0.2, -0.15) is 0 Å². The Bertz CT molecular complexity index is 200. The fourth-order valence-electron chi connectivity index (χ4n) is 0.827. The average molecular weight is 250 g/mol. The van der Waals surface area contributed by atoms with Gasteiger partial charge in [0.05, 0.1) is 0 Å². The molecule has 1 rings (SSSR count). The van der Waals surface area contributed by atoms with Crippen LogP contribution in [0.15, 0.2) is 18.3 Å². The molecule has 0 spiro atoms. The van der Waals surface area contributed by atoms with E-state index in [9.17, 15) is 0 Å². The number of hydrogen-bond donors (Lipinski definition) is 0. The summed E-state index contributed by atoms with van der Waals surface area (Å²) in [5.41, 5.74) is 2.68. The van der Waals surface area contributed by atoms with Crippen LogP contribution >= 0.6 is 24.0 Å². The standard InChI is InChI=1S/C8H12N.HI/c1-7-5-4-6-9(3)8(7)2;/h4-6H,1-3H3;1H/q+1;. The van der Waals surface area contributed by atoms with Crippen LogP contribution in [0.2, 0.25) is 0 Å². The van der Waals surface area contributed by atoms with E-state index in [-0.39, 0.29) is 24.0 Å². The van der Waals surface area contributed by atoms with Gasteiger partial charge >= 0.3 is 0 Å². The van der Waals surface area contributed by atoms with Gasteiger partial charge in [-0.3, -0.25) is 0 Å². The third-order valence-electron chi connectivity index (χ3n) is 1.76. The number of pyridine rings is 1. The highest BCUT2D eigenvalue weighted by Gasteiger charge is 1.99. The molecule has 56 valence electrons. The molecule has 0 aliphatic carbocycles. The summed E-state index contributed by atoms with van der Waals surface area (Å²) < 4.78 is 2.12. The fourth-order valence-corrected chi connectivity index (χ4v) is 0.827. The third-order valence-corrected chi connectivity index (χ3v) is 1.76. The minimum absolute atomic E-state index is 0. The molecule has 0 N–H and O–H groups in total. The van der Waals surface area contributed by atoms with E-state index in [4.69, 9.17) is 0 Å². The molecule has 0 aliphatic rings. The molecule has 0 amide bonds. The van der Waals surface area contributed by atoms with Crippen molar-refractivity contribution in [1.29, 1.82) is 0 Å². The van der Waals surface area contributed by atoms with Crippen molar-refractivity contribution in [3.05, 3.63) is 29.6 Å². The number of halogens is 1. The predicted molar refractivity (Wildman–Crippen MR) is 52.5 cm³/mol. The van der Waals surface area contributed by atoms with Gasteiger partial charge in [-0.15, -0.1) is 24.0 Å². The van der Waals surface area contributed by atoms with Gasteiger partial charge in [-0.1, -0.05) is 0 Å². The van der Waals surface area contributed by atoms with Gasteiger partial charge in [0.15, 0.2) is 11.9 Å². The summed E-state index contributed by atoms with van der Waals surface area (Å²) in [6, 6.07) is 4.18. The molecular weight excluding hydrogens is 237 g/mol. The number of nitrogens with zero attached hydrogens (tertiary/aromatic N) is 1. The maximum atomic E-state index is 2.12. The molecule has 0 atom stereocenters. The lowest BCUT2D eigenvalue weighted by Crippen LogP contribution is -2.31. The molecule has 1 aromatic heterocycles. The van der Waals surface area contributed by atoms with Crippen LogP contribution in [-0.4, -0.2) is 0 Å². The first-order valence-electron chi connectivity index (χ1n) is 3.13. The van der Waals surface area contributed by atoms with Gasteiger partial charge in [0.25, 0.3) is 0 Å². The Morgan fingerprint density at radius 3 is 2.30 bits per heavy atom. The molecule has 1 heterocycles. The number of aromatic nitrogens is 1. The first kappa shape index (κ1) is 9.88. The van der Waals surface area contributed by atoms with Crippen molar-refractivity contribution in [1.82, 2.24) is 0 Å². The first-order chi connectivity index (χ1) is 4.22. The van der Waals surface area contributed by atoms with Gasteiger partial charge in [0.2, 0.25) is 0 Å². The number of rotatable bonds is 0. The second kappa shape index (κ2) is 3.91. The Morgan fingerprint density at radius 2 is 1.90 bits per heavy atom. The first-order valence-corrected chi connectivity index (χ1v) is 3.13. The Kier molecular flexibility index (Phi) is 3.86. The molecule has 0 bridgehead atoms. The molecule has 0 aromatic carbocycles. The maximum Gasteiger partial charge on any atom is 0.180 e. The van der Waals surface area contributed by atoms with Crippen LogP contribution in [0.25, 0.3) is 0 Å². The molecule has 10 heavy (non-hydrogen) atoms. The molecular formula is C8H13IN+. The molecule has 0 unspecified atom stereocenters. The van der Waals surface area contributed by atoms with Crippen molar-refractivity contribution >= 4 is 24.0 Å². The Balaban J connectivity index is 0.000000810. The summed E-state index contributed by atoms with van der Waals surface area (Å²) in [6.07, 6.45) is 2.06. The molecule has 1 aromatic rings. The largest absolute Gasteiger partial charge is 0.205 e. The molecule has 0 fully saturated rings. The van der Waals surface area contributed by atoms with Crippen LogP contribution < -0.4 is 4.57 Å². The highest BCUT2D eigenvalue weighted by Crippen LogP contribution is 1.96. The lowest BCUT2D eigenvalue weighted by molar-refractivity contribution is -0.678. The second-order valence-electron chi connectivity index (χ2n) is 2.39. The summed E-state index contributed by atoms with van der Waals surface area (Å²) in [6.45, 7) is 4.24. The third kappa shape index (κ3) is 1.94. The lowest BCUT2D eigenvalue weighted by atomic mass is 10.2. The van der Waals surface area contributed by atoms with E-state index in [1.165, 1.54) is 11.3 Å². The van der Waals surface area contributed by atoms with Crippen molar-refractivity contribution in [2.24, 2.45) is 7.05 Å². The number of hydrogen-bond acceptors (Lipinski definition) is 0. The van der Waals surface area contributed by atoms with E-state index in [2.05, 4.69) is 43.8 Å². The van der Waals surface area contributed by atoms with Crippen LogP contribution in [-0.2, 0) is 7.05 Å². The van der Waals surface area contributed by atoms with Gasteiger partial charge in [-0.25, -0.2) is 4.57 Å². The molecule has 0 radical (unpaired) electrons. The zero-order valence-corrected chi connectivity index (χ0v) is 8.92. The predicted octanol–water partition coefficient (Wildman–Crippen LogP) is 1.75. The summed E-state index contributed by atoms with van der Waals surface area (Å²) in [4.78, 5) is 0. The SMILES string of the molecule is Cc1ccc[n+](C)c1C.I. The highest BCUT2D eigenvalue weighted by molar-refractivity contribution is 14.0. The Hall–Kier alpha value is -0.120. The zero-order valence-electron chi connectivity index (χ0n) is 6.59. The van der Waals surface area contributed by atoms with Gasteiger partial charge < -0.3 is 0 Å². The minimum atomic E-state index is 0. The average Bonchev–Trinajstić information content (AvgIpc) is 1.83. The molecule has 0 aliphatic heterocycles. The summed E-state index contributed by atoms with van der Waals surface area (Å²) in [7, 11) is 2.06. The van der Waals surface area contributed by atoms with Crippen molar-refractivity contribution in [2.75, 3.05) is 0 Å². The Labute approximate surface area is 79.1 Å². The zero-order chi connectivity index (χ0) is 6.85. The summed E-state index contributed by atoms with van der Waals surface area (Å²) >= 11 is 0. The van der Waals surface area contributed by atoms with Crippen LogP contribution in [0.3, 0.4) is 0 Å². The number of aryl methyl sites for hydroxylation is 2. The molecule has 1 nitrogen and oxygen atoms in total. The van der Waals surface area contributed by atoms with Gasteiger partial charge in [0.1, 0.15) is 7.05 Å². The van der Waals surface area contributed by atoms with Crippen LogP contribution in [0.5, 0.6) is 0 Å². The second-order valence-corrected chi connectivity index (χ2v) is 2.39. The molecule has 2 heteroatoms. The topological polar surface area (TPSA) is 3.88 Å². The van der Waals surface area contributed by atoms with E-state index in [0.717, 1.165) is 0 Å². The molecule has 0 saturated heterocycles. The Morgan fingerprint density at radius 1 is 1.30 bits per heavy atom. The van der Waals surface area contributed by atoms with E-state index in [1.807, 2.05) is 0 Å². The maximum absolute atomic E-state index is 2.12. The van der Waals surface area contributed by atoms with Crippen LogP contribution in [0.1, 0.15) is 11.3 Å². The van der Waals surface area contributed by atoms with Crippen molar-refractivity contribution in [3.8, 4) is 0 Å². The van der Waals surface area contributed by atoms with Crippen molar-refractivity contribution < 1.29 is 4.57 Å². The van der Waals surface area contributed by atoms with Crippen LogP contribution in [0, 0.1) is 13.8 Å². The van der Waals surface area contributed by atoms with E-state index < -0.39 is 0 Å². The quantitative estimate of drug-likeness (QED) is 0.488. The van der Waals surface area contributed by atoms with E-state index >= 15 is 0 Å². The molecule has 0 saturated carbocycles. The summed E-state index contributed by atoms with van der Waals surface area (Å²) in [5, 5.41) is 0. The normalized spacial score (nSPS) is 8.70. The van der Waals surface area contributed by atoms with E-state index in [1.54, 1.807) is 0 Å². The van der Waals surface area contributed by atoms with Crippen molar-refractivity contribution in [2.45, 2.75) is 13.8 Å². The van der Waals surface area contributed by atoms with Crippen LogP contribution in [0.4, 0.5) is 0 Å². The van der Waals surface area contributed by atoms with Gasteiger partial charge in [0, 0.05) is 18.6 Å². The lowest BCUT2D eigenvalue weighted by Gasteiger charge is -1.94. The summed E-state index contributed by atoms with van der Waals surface area (Å²) in [5.74, 6) is 0. The smallest absolute Gasteiger partial charge is 0.180 e. The van der Waals surface area contributed by atoms with Crippen molar-refractivity contribution in [3.63, 3.8) is 0 Å². The highest BCUT2D eigenvalue weighted by atomic mass is 127. The monoisotopic (exact) mass is 250 g/mol. The fraction of sp³-hybridized carbons (Fsp3) is 0.375. The van der Waals surface area contributed by atoms with E-state index in [0.29, 0.717) is 0 Å².